The molecule has 1 heteroatoms. The van der Waals surface area contributed by atoms with E-state index in [-0.39, 0.29) is 0 Å². The lowest BCUT2D eigenvalue weighted by Gasteiger charge is -2.20. The van der Waals surface area contributed by atoms with E-state index in [2.05, 4.69) is 51.0 Å². The number of hydrogen-bond acceptors (Lipinski definition) is 1. The van der Waals surface area contributed by atoms with Crippen LogP contribution in [0.1, 0.15) is 145 Å². The minimum atomic E-state index is 0.626. The molecule has 32 heavy (non-hydrogen) atoms. The summed E-state index contributed by atoms with van der Waals surface area (Å²) in [5.74, 6) is 0. The third-order valence-corrected chi connectivity index (χ3v) is 8.08. The third kappa shape index (κ3) is 9.90. The van der Waals surface area contributed by atoms with E-state index in [0.717, 1.165) is 0 Å². The summed E-state index contributed by atoms with van der Waals surface area (Å²) < 4.78 is 0. The Labute approximate surface area is 204 Å². The number of thioether (sulfide) groups is 1. The molecule has 0 bridgehead atoms. The monoisotopic (exact) mass is 454 g/mol. The van der Waals surface area contributed by atoms with Crippen LogP contribution < -0.4 is 0 Å². The molecule has 0 saturated heterocycles. The van der Waals surface area contributed by atoms with Crippen molar-refractivity contribution < 1.29 is 0 Å². The van der Waals surface area contributed by atoms with Gasteiger partial charge in [-0.2, -0.15) is 0 Å². The van der Waals surface area contributed by atoms with Crippen LogP contribution in [0.2, 0.25) is 0 Å². The molecular weight excluding hydrogens is 404 g/mol. The Hall–Kier alpha value is -0.950. The summed E-state index contributed by atoms with van der Waals surface area (Å²) in [6.07, 6.45) is 25.3. The van der Waals surface area contributed by atoms with Crippen LogP contribution in [-0.4, -0.2) is 0 Å². The van der Waals surface area contributed by atoms with Crippen molar-refractivity contribution in [1.29, 1.82) is 0 Å². The number of aryl methyl sites for hydroxylation is 2. The van der Waals surface area contributed by atoms with Crippen LogP contribution in [0.25, 0.3) is 5.57 Å². The second-order valence-corrected chi connectivity index (χ2v) is 11.1. The lowest BCUT2D eigenvalue weighted by atomic mass is 9.88. The van der Waals surface area contributed by atoms with Gasteiger partial charge in [0, 0.05) is 5.25 Å². The first kappa shape index (κ1) is 27.3. The van der Waals surface area contributed by atoms with Crippen molar-refractivity contribution in [2.24, 2.45) is 0 Å². The highest BCUT2D eigenvalue weighted by Gasteiger charge is 2.20. The number of allylic oxidation sites excluding steroid dienone is 2. The molecule has 1 aliphatic rings. The SMILES string of the molecule is C=C(C)c1cc(CCCCCCCCC)c([C@@H]2CC=CS2)cc1CCCCCCCCC. The Bertz CT molecular complexity index is 676. The predicted molar refractivity (Wildman–Crippen MR) is 149 cm³/mol. The maximum absolute atomic E-state index is 4.35. The molecule has 1 atom stereocenters. The fourth-order valence-corrected chi connectivity index (χ4v) is 5.96. The fraction of sp³-hybridized carbons (Fsp3) is 0.677. The molecule has 180 valence electrons. The van der Waals surface area contributed by atoms with Gasteiger partial charge in [-0.05, 0) is 66.7 Å². The lowest BCUT2D eigenvalue weighted by Crippen LogP contribution is -2.04. The van der Waals surface area contributed by atoms with Crippen molar-refractivity contribution in [3.63, 3.8) is 0 Å². The Morgan fingerprint density at radius 3 is 1.81 bits per heavy atom. The Kier molecular flexibility index (Phi) is 14.2. The molecule has 0 radical (unpaired) electrons. The third-order valence-electron chi connectivity index (χ3n) is 6.96. The van der Waals surface area contributed by atoms with Gasteiger partial charge in [-0.15, -0.1) is 11.8 Å². The van der Waals surface area contributed by atoms with Crippen LogP contribution in [0.15, 0.2) is 30.2 Å². The Balaban J connectivity index is 2.00. The van der Waals surface area contributed by atoms with Gasteiger partial charge in [0.15, 0.2) is 0 Å². The molecule has 0 amide bonds. The molecular formula is C31H50S. The summed E-state index contributed by atoms with van der Waals surface area (Å²) >= 11 is 2.02. The topological polar surface area (TPSA) is 0 Å². The van der Waals surface area contributed by atoms with Crippen molar-refractivity contribution >= 4 is 17.3 Å². The van der Waals surface area contributed by atoms with Crippen LogP contribution in [-0.2, 0) is 12.8 Å². The van der Waals surface area contributed by atoms with E-state index >= 15 is 0 Å². The molecule has 0 saturated carbocycles. The summed E-state index contributed by atoms with van der Waals surface area (Å²) in [7, 11) is 0. The number of rotatable bonds is 18. The van der Waals surface area contributed by atoms with E-state index in [0.29, 0.717) is 5.25 Å². The average molecular weight is 455 g/mol. The first-order chi connectivity index (χ1) is 15.7. The van der Waals surface area contributed by atoms with Crippen LogP contribution in [0.4, 0.5) is 0 Å². The van der Waals surface area contributed by atoms with Crippen LogP contribution in [0, 0.1) is 0 Å². The molecule has 0 spiro atoms. The van der Waals surface area contributed by atoms with Gasteiger partial charge in [-0.3, -0.25) is 0 Å². The lowest BCUT2D eigenvalue weighted by molar-refractivity contribution is 0.587. The quantitative estimate of drug-likeness (QED) is 0.199. The molecule has 1 aromatic rings. The highest BCUT2D eigenvalue weighted by atomic mass is 32.2. The highest BCUT2D eigenvalue weighted by Crippen LogP contribution is 2.42. The summed E-state index contributed by atoms with van der Waals surface area (Å²) in [6.45, 7) is 11.2. The van der Waals surface area contributed by atoms with Crippen molar-refractivity contribution in [2.45, 2.75) is 135 Å². The van der Waals surface area contributed by atoms with Crippen molar-refractivity contribution in [2.75, 3.05) is 0 Å². The van der Waals surface area contributed by atoms with E-state index < -0.39 is 0 Å². The smallest absolute Gasteiger partial charge is 0.0376 e. The number of hydrogen-bond donors (Lipinski definition) is 0. The molecule has 0 aliphatic carbocycles. The van der Waals surface area contributed by atoms with E-state index in [4.69, 9.17) is 0 Å². The first-order valence-corrected chi connectivity index (χ1v) is 14.7. The molecule has 0 nitrogen and oxygen atoms in total. The Morgan fingerprint density at radius 2 is 1.31 bits per heavy atom. The highest BCUT2D eigenvalue weighted by molar-refractivity contribution is 8.02. The van der Waals surface area contributed by atoms with Crippen molar-refractivity contribution in [1.82, 2.24) is 0 Å². The van der Waals surface area contributed by atoms with Gasteiger partial charge in [0.1, 0.15) is 0 Å². The second kappa shape index (κ2) is 16.6. The van der Waals surface area contributed by atoms with E-state index in [1.807, 2.05) is 11.8 Å². The maximum Gasteiger partial charge on any atom is 0.0376 e. The van der Waals surface area contributed by atoms with Crippen LogP contribution in [0.3, 0.4) is 0 Å². The van der Waals surface area contributed by atoms with E-state index in [9.17, 15) is 0 Å². The molecule has 1 aliphatic heterocycles. The zero-order chi connectivity index (χ0) is 23.0. The van der Waals surface area contributed by atoms with Crippen LogP contribution >= 0.6 is 11.8 Å². The summed E-state index contributed by atoms with van der Waals surface area (Å²) in [4.78, 5) is 0. The summed E-state index contributed by atoms with van der Waals surface area (Å²) in [5, 5.41) is 2.94. The molecule has 1 aromatic carbocycles. The zero-order valence-corrected chi connectivity index (χ0v) is 22.3. The van der Waals surface area contributed by atoms with Gasteiger partial charge in [0.05, 0.1) is 0 Å². The molecule has 0 aromatic heterocycles. The van der Waals surface area contributed by atoms with Crippen molar-refractivity contribution in [3.8, 4) is 0 Å². The van der Waals surface area contributed by atoms with Gasteiger partial charge in [0.25, 0.3) is 0 Å². The maximum atomic E-state index is 4.35. The van der Waals surface area contributed by atoms with Crippen molar-refractivity contribution in [3.05, 3.63) is 52.4 Å². The molecule has 0 unspecified atom stereocenters. The first-order valence-electron chi connectivity index (χ1n) is 13.8. The average Bonchev–Trinajstić information content (AvgIpc) is 3.32. The normalized spacial score (nSPS) is 15.5. The second-order valence-electron chi connectivity index (χ2n) is 9.96. The largest absolute Gasteiger partial charge is 0.126 e. The molecule has 0 N–H and O–H groups in total. The van der Waals surface area contributed by atoms with Gasteiger partial charge >= 0.3 is 0 Å². The summed E-state index contributed by atoms with van der Waals surface area (Å²) in [5.41, 5.74) is 7.45. The van der Waals surface area contributed by atoms with Crippen LogP contribution in [0.5, 0.6) is 0 Å². The molecule has 0 fully saturated rings. The van der Waals surface area contributed by atoms with E-state index in [1.165, 1.54) is 120 Å². The van der Waals surface area contributed by atoms with Gasteiger partial charge < -0.3 is 0 Å². The Morgan fingerprint density at radius 1 is 0.781 bits per heavy atom. The number of benzene rings is 1. The van der Waals surface area contributed by atoms with Gasteiger partial charge in [-0.25, -0.2) is 0 Å². The minimum absolute atomic E-state index is 0.626. The van der Waals surface area contributed by atoms with Gasteiger partial charge in [0.2, 0.25) is 0 Å². The van der Waals surface area contributed by atoms with Gasteiger partial charge in [-0.1, -0.05) is 121 Å². The predicted octanol–water partition coefficient (Wildman–Crippen LogP) is 11.0. The summed E-state index contributed by atoms with van der Waals surface area (Å²) in [6, 6.07) is 5.12. The minimum Gasteiger partial charge on any atom is -0.126 e. The zero-order valence-electron chi connectivity index (χ0n) is 21.5. The molecule has 1 heterocycles. The molecule has 2 rings (SSSR count). The fourth-order valence-electron chi connectivity index (χ4n) is 4.96. The number of unbranched alkanes of at least 4 members (excludes halogenated alkanes) is 12. The van der Waals surface area contributed by atoms with E-state index in [1.54, 1.807) is 16.7 Å². The standard InChI is InChI=1S/C31H50S/c1-5-7-9-11-13-15-17-20-27-25-30(31-22-19-23-32-31)28(24-29(27)26(3)4)21-18-16-14-12-10-8-6-2/h19,23-25,31H,3,5-18,20-22H2,1-2,4H3/t31-/m0/s1.